The van der Waals surface area contributed by atoms with Gasteiger partial charge < -0.3 is 14.7 Å². The molecule has 7 nitrogen and oxygen atoms in total. The normalized spacial score (nSPS) is 15.9. The van der Waals surface area contributed by atoms with Crippen molar-refractivity contribution in [1.82, 2.24) is 24.3 Å². The molecule has 1 fully saturated rings. The first-order chi connectivity index (χ1) is 11.0. The standard InChI is InChI=1S/C16H24N6O/c1-19(2)16(23)20(3)12-7-10-22(11-8-12)15-18-13-6-5-9-17-14(13)21(15)4/h5-6,9,12H,7-8,10-11H2,1-4H3. The predicted octanol–water partition coefficient (Wildman–Crippen LogP) is 1.55. The van der Waals surface area contributed by atoms with Crippen LogP contribution in [0.15, 0.2) is 18.3 Å². The van der Waals surface area contributed by atoms with E-state index in [1.807, 2.05) is 35.7 Å². The van der Waals surface area contributed by atoms with Gasteiger partial charge >= 0.3 is 6.03 Å². The van der Waals surface area contributed by atoms with Crippen LogP contribution < -0.4 is 4.90 Å². The van der Waals surface area contributed by atoms with Gasteiger partial charge in [-0.3, -0.25) is 4.57 Å². The van der Waals surface area contributed by atoms with Crippen molar-refractivity contribution in [3.63, 3.8) is 0 Å². The van der Waals surface area contributed by atoms with Crippen molar-refractivity contribution in [3.8, 4) is 0 Å². The molecule has 3 heterocycles. The number of hydrogen-bond acceptors (Lipinski definition) is 4. The fourth-order valence-electron chi connectivity index (χ4n) is 3.22. The Morgan fingerprint density at radius 1 is 1.26 bits per heavy atom. The zero-order valence-corrected chi connectivity index (χ0v) is 14.2. The van der Waals surface area contributed by atoms with Gasteiger partial charge in [0.25, 0.3) is 0 Å². The zero-order valence-electron chi connectivity index (χ0n) is 14.2. The zero-order chi connectivity index (χ0) is 16.6. The van der Waals surface area contributed by atoms with Gasteiger partial charge in [0.2, 0.25) is 5.95 Å². The summed E-state index contributed by atoms with van der Waals surface area (Å²) in [6, 6.07) is 4.25. The number of pyridine rings is 1. The molecule has 124 valence electrons. The number of imidazole rings is 1. The Bertz CT molecular complexity index is 702. The largest absolute Gasteiger partial charge is 0.342 e. The molecule has 0 unspecified atom stereocenters. The van der Waals surface area contributed by atoms with Crippen molar-refractivity contribution in [3.05, 3.63) is 18.3 Å². The second-order valence-corrected chi connectivity index (χ2v) is 6.32. The SMILES string of the molecule is CN(C)C(=O)N(C)C1CCN(c2nc3cccnc3n2C)CC1. The van der Waals surface area contributed by atoms with E-state index in [0.29, 0.717) is 0 Å². The van der Waals surface area contributed by atoms with Gasteiger partial charge in [-0.15, -0.1) is 0 Å². The molecule has 0 atom stereocenters. The number of fused-ring (bicyclic) bond motifs is 1. The molecular formula is C16H24N6O. The highest BCUT2D eigenvalue weighted by atomic mass is 16.2. The van der Waals surface area contributed by atoms with Crippen LogP contribution in [0.2, 0.25) is 0 Å². The van der Waals surface area contributed by atoms with E-state index in [0.717, 1.165) is 43.0 Å². The predicted molar refractivity (Wildman–Crippen MR) is 90.6 cm³/mol. The van der Waals surface area contributed by atoms with E-state index in [-0.39, 0.29) is 12.1 Å². The first kappa shape index (κ1) is 15.6. The highest BCUT2D eigenvalue weighted by Crippen LogP contribution is 2.24. The molecule has 2 aromatic rings. The Balaban J connectivity index is 1.71. The number of carbonyl (C=O) groups excluding carboxylic acids is 1. The van der Waals surface area contributed by atoms with Crippen molar-refractivity contribution in [2.45, 2.75) is 18.9 Å². The molecule has 7 heteroatoms. The molecule has 2 aromatic heterocycles. The lowest BCUT2D eigenvalue weighted by molar-refractivity contribution is 0.155. The molecule has 0 bridgehead atoms. The van der Waals surface area contributed by atoms with E-state index in [4.69, 9.17) is 4.98 Å². The van der Waals surface area contributed by atoms with E-state index in [1.54, 1.807) is 25.2 Å². The third kappa shape index (κ3) is 2.83. The Labute approximate surface area is 136 Å². The summed E-state index contributed by atoms with van der Waals surface area (Å²) in [6.07, 6.45) is 3.70. The van der Waals surface area contributed by atoms with Gasteiger partial charge in [0.05, 0.1) is 0 Å². The Kier molecular flexibility index (Phi) is 4.11. The van der Waals surface area contributed by atoms with Crippen molar-refractivity contribution in [2.75, 3.05) is 39.1 Å². The van der Waals surface area contributed by atoms with Crippen molar-refractivity contribution >= 4 is 23.1 Å². The van der Waals surface area contributed by atoms with E-state index in [9.17, 15) is 4.79 Å². The highest BCUT2D eigenvalue weighted by Gasteiger charge is 2.28. The average molecular weight is 316 g/mol. The topological polar surface area (TPSA) is 57.5 Å². The van der Waals surface area contributed by atoms with Crippen LogP contribution in [0, 0.1) is 0 Å². The summed E-state index contributed by atoms with van der Waals surface area (Å²) in [4.78, 5) is 27.0. The summed E-state index contributed by atoms with van der Waals surface area (Å²) in [6.45, 7) is 1.79. The Morgan fingerprint density at radius 2 is 1.96 bits per heavy atom. The molecule has 2 amide bonds. The summed E-state index contributed by atoms with van der Waals surface area (Å²) < 4.78 is 2.05. The Hall–Kier alpha value is -2.31. The van der Waals surface area contributed by atoms with Crippen LogP contribution in [0.5, 0.6) is 0 Å². The minimum absolute atomic E-state index is 0.0652. The Morgan fingerprint density at radius 3 is 2.57 bits per heavy atom. The van der Waals surface area contributed by atoms with Gasteiger partial charge in [-0.05, 0) is 25.0 Å². The van der Waals surface area contributed by atoms with Gasteiger partial charge in [-0.1, -0.05) is 0 Å². The summed E-state index contributed by atoms with van der Waals surface area (Å²) in [5, 5.41) is 0. The van der Waals surface area contributed by atoms with E-state index in [1.165, 1.54) is 0 Å². The number of hydrogen-bond donors (Lipinski definition) is 0. The van der Waals surface area contributed by atoms with Gasteiger partial charge in [0.1, 0.15) is 5.52 Å². The molecule has 3 rings (SSSR count). The minimum Gasteiger partial charge on any atom is -0.342 e. The first-order valence-corrected chi connectivity index (χ1v) is 7.95. The van der Waals surface area contributed by atoms with Crippen molar-refractivity contribution in [2.24, 2.45) is 7.05 Å². The number of aryl methyl sites for hydroxylation is 1. The third-order valence-electron chi connectivity index (χ3n) is 4.58. The molecule has 0 spiro atoms. The smallest absolute Gasteiger partial charge is 0.319 e. The fourth-order valence-corrected chi connectivity index (χ4v) is 3.22. The maximum Gasteiger partial charge on any atom is 0.319 e. The molecular weight excluding hydrogens is 292 g/mol. The molecule has 23 heavy (non-hydrogen) atoms. The summed E-state index contributed by atoms with van der Waals surface area (Å²) in [5.74, 6) is 0.957. The van der Waals surface area contributed by atoms with Crippen LogP contribution in [0.1, 0.15) is 12.8 Å². The van der Waals surface area contributed by atoms with Gasteiger partial charge in [-0.25, -0.2) is 14.8 Å². The molecule has 0 radical (unpaired) electrons. The molecule has 0 saturated carbocycles. The lowest BCUT2D eigenvalue weighted by Crippen LogP contribution is -2.48. The minimum atomic E-state index is 0.0652. The highest BCUT2D eigenvalue weighted by molar-refractivity contribution is 5.75. The lowest BCUT2D eigenvalue weighted by atomic mass is 10.0. The summed E-state index contributed by atoms with van der Waals surface area (Å²) >= 11 is 0. The number of piperidine rings is 1. The number of rotatable bonds is 2. The number of amides is 2. The number of aromatic nitrogens is 3. The van der Waals surface area contributed by atoms with Crippen LogP contribution in [0.4, 0.5) is 10.7 Å². The monoisotopic (exact) mass is 316 g/mol. The number of anilines is 1. The molecule has 1 aliphatic rings. The quantitative estimate of drug-likeness (QED) is 0.843. The number of urea groups is 1. The van der Waals surface area contributed by atoms with E-state index < -0.39 is 0 Å². The van der Waals surface area contributed by atoms with Crippen LogP contribution in [0.25, 0.3) is 11.2 Å². The second-order valence-electron chi connectivity index (χ2n) is 6.32. The summed E-state index contributed by atoms with van der Waals surface area (Å²) in [7, 11) is 7.48. The van der Waals surface area contributed by atoms with Gasteiger partial charge in [0, 0.05) is 53.5 Å². The van der Waals surface area contributed by atoms with Crippen LogP contribution >= 0.6 is 0 Å². The van der Waals surface area contributed by atoms with Gasteiger partial charge in [0.15, 0.2) is 5.65 Å². The summed E-state index contributed by atoms with van der Waals surface area (Å²) in [5.41, 5.74) is 1.83. The maximum absolute atomic E-state index is 12.1. The second kappa shape index (κ2) is 6.06. The molecule has 0 N–H and O–H groups in total. The molecule has 1 saturated heterocycles. The maximum atomic E-state index is 12.1. The number of carbonyl (C=O) groups is 1. The van der Waals surface area contributed by atoms with Crippen LogP contribution in [0.3, 0.4) is 0 Å². The molecule has 1 aliphatic heterocycles. The molecule has 0 aromatic carbocycles. The van der Waals surface area contributed by atoms with Crippen molar-refractivity contribution < 1.29 is 4.79 Å². The number of nitrogens with zero attached hydrogens (tertiary/aromatic N) is 6. The van der Waals surface area contributed by atoms with Gasteiger partial charge in [-0.2, -0.15) is 0 Å². The third-order valence-corrected chi connectivity index (χ3v) is 4.58. The first-order valence-electron chi connectivity index (χ1n) is 7.95. The fraction of sp³-hybridized carbons (Fsp3) is 0.562. The van der Waals surface area contributed by atoms with Crippen LogP contribution in [-0.4, -0.2) is 70.6 Å². The molecule has 0 aliphatic carbocycles. The lowest BCUT2D eigenvalue weighted by Gasteiger charge is -2.37. The average Bonchev–Trinajstić information content (AvgIpc) is 2.91. The van der Waals surface area contributed by atoms with E-state index in [2.05, 4.69) is 9.88 Å². The van der Waals surface area contributed by atoms with Crippen LogP contribution in [-0.2, 0) is 7.05 Å². The van der Waals surface area contributed by atoms with Crippen molar-refractivity contribution in [1.29, 1.82) is 0 Å². The van der Waals surface area contributed by atoms with E-state index >= 15 is 0 Å².